The molecule has 0 radical (unpaired) electrons. The van der Waals surface area contributed by atoms with Crippen molar-refractivity contribution in [1.29, 1.82) is 0 Å². The van der Waals surface area contributed by atoms with Gasteiger partial charge >= 0.3 is 0 Å². The van der Waals surface area contributed by atoms with E-state index < -0.39 is 0 Å². The Balaban J connectivity index is 3.46. The molecule has 25 heavy (non-hydrogen) atoms. The fraction of sp³-hybridized carbons (Fsp3) is 0.955. The molecule has 0 aliphatic rings. The average Bonchev–Trinajstić information content (AvgIpc) is 2.56. The number of carbonyl (C=O) groups is 1. The Morgan fingerprint density at radius 3 is 1.48 bits per heavy atom. The van der Waals surface area contributed by atoms with Gasteiger partial charge in [-0.25, -0.2) is 5.43 Å². The normalized spacial score (nSPS) is 11.5. The van der Waals surface area contributed by atoms with Gasteiger partial charge in [0.15, 0.2) is 0 Å². The Bertz CT molecular complexity index is 302. The van der Waals surface area contributed by atoms with Crippen LogP contribution in [0.3, 0.4) is 0 Å². The lowest BCUT2D eigenvalue weighted by Gasteiger charge is -2.29. The molecule has 1 amide bonds. The Hall–Kier alpha value is -0.570. The van der Waals surface area contributed by atoms with Gasteiger partial charge in [-0.05, 0) is 34.1 Å². The van der Waals surface area contributed by atoms with Gasteiger partial charge in [-0.3, -0.25) is 9.80 Å². The fourth-order valence-electron chi connectivity index (χ4n) is 3.20. The number of carbonyl (C=O) groups excluding carboxylic acids is 1. The van der Waals surface area contributed by atoms with Crippen LogP contribution in [0.4, 0.5) is 0 Å². The molecule has 0 aromatic rings. The highest BCUT2D eigenvalue weighted by atomic mass is 16.2. The van der Waals surface area contributed by atoms with Gasteiger partial charge in [-0.2, -0.15) is 0 Å². The third-order valence-corrected chi connectivity index (χ3v) is 4.68. The van der Waals surface area contributed by atoms with Crippen LogP contribution in [0.15, 0.2) is 0 Å². The number of rotatable bonds is 17. The van der Waals surface area contributed by atoms with E-state index in [4.69, 9.17) is 0 Å². The molecule has 0 unspecified atom stereocenters. The second kappa shape index (κ2) is 16.9. The molecule has 0 saturated heterocycles. The molecule has 0 aromatic heterocycles. The highest BCUT2D eigenvalue weighted by Crippen LogP contribution is 2.13. The van der Waals surface area contributed by atoms with Crippen molar-refractivity contribution in [3.63, 3.8) is 0 Å². The molecule has 0 atom stereocenters. The maximum Gasteiger partial charge on any atom is 0.236 e. The molecule has 0 fully saturated rings. The van der Waals surface area contributed by atoms with Crippen molar-refractivity contribution in [1.82, 2.24) is 10.4 Å². The van der Waals surface area contributed by atoms with E-state index in [1.54, 1.807) is 0 Å². The number of nitrogens with one attached hydrogen (secondary N) is 1. The van der Waals surface area contributed by atoms with Crippen LogP contribution in [-0.2, 0) is 4.79 Å². The zero-order chi connectivity index (χ0) is 18.9. The largest absolute Gasteiger partial charge is 0.275 e. The Kier molecular flexibility index (Phi) is 16.5. The van der Waals surface area contributed by atoms with Crippen LogP contribution < -0.4 is 5.43 Å². The highest BCUT2D eigenvalue weighted by molar-refractivity contribution is 5.75. The van der Waals surface area contributed by atoms with Crippen molar-refractivity contribution in [2.45, 2.75) is 137 Å². The number of amides is 1. The van der Waals surface area contributed by atoms with Gasteiger partial charge in [-0.1, -0.05) is 84.0 Å². The molecule has 0 spiro atoms. The van der Waals surface area contributed by atoms with Crippen molar-refractivity contribution in [3.05, 3.63) is 0 Å². The SMILES string of the molecule is CCCCCCCCCCCCCCCC(=O)N(NC(C)C)C(C)C. The molecule has 150 valence electrons. The van der Waals surface area contributed by atoms with E-state index in [0.717, 1.165) is 6.42 Å². The molecular weight excluding hydrogens is 308 g/mol. The van der Waals surface area contributed by atoms with Gasteiger partial charge in [0.1, 0.15) is 0 Å². The van der Waals surface area contributed by atoms with Crippen molar-refractivity contribution in [2.24, 2.45) is 0 Å². The summed E-state index contributed by atoms with van der Waals surface area (Å²) in [6.45, 7) is 10.6. The second-order valence-corrected chi connectivity index (χ2v) is 8.13. The lowest BCUT2D eigenvalue weighted by atomic mass is 10.0. The minimum atomic E-state index is 0.219. The number of unbranched alkanes of at least 4 members (excludes halogenated alkanes) is 12. The minimum Gasteiger partial charge on any atom is -0.275 e. The maximum atomic E-state index is 12.3. The summed E-state index contributed by atoms with van der Waals surface area (Å²) in [5.41, 5.74) is 3.26. The molecular formula is C22H46N2O. The first-order valence-corrected chi connectivity index (χ1v) is 11.1. The topological polar surface area (TPSA) is 32.3 Å². The van der Waals surface area contributed by atoms with Crippen LogP contribution in [0.25, 0.3) is 0 Å². The van der Waals surface area contributed by atoms with E-state index >= 15 is 0 Å². The van der Waals surface area contributed by atoms with Crippen molar-refractivity contribution in [2.75, 3.05) is 0 Å². The summed E-state index contributed by atoms with van der Waals surface area (Å²) in [7, 11) is 0. The molecule has 0 rings (SSSR count). The quantitative estimate of drug-likeness (QED) is 0.235. The monoisotopic (exact) mass is 354 g/mol. The van der Waals surface area contributed by atoms with Gasteiger partial charge in [0, 0.05) is 18.5 Å². The lowest BCUT2D eigenvalue weighted by molar-refractivity contribution is -0.137. The summed E-state index contributed by atoms with van der Waals surface area (Å²) in [4.78, 5) is 12.3. The Morgan fingerprint density at radius 1 is 0.720 bits per heavy atom. The molecule has 3 nitrogen and oxygen atoms in total. The van der Waals surface area contributed by atoms with Gasteiger partial charge in [-0.15, -0.1) is 0 Å². The van der Waals surface area contributed by atoms with Crippen LogP contribution in [0.1, 0.15) is 125 Å². The van der Waals surface area contributed by atoms with Crippen LogP contribution in [0, 0.1) is 0 Å². The summed E-state index contributed by atoms with van der Waals surface area (Å²) >= 11 is 0. The van der Waals surface area contributed by atoms with Crippen LogP contribution >= 0.6 is 0 Å². The van der Waals surface area contributed by atoms with Crippen molar-refractivity contribution >= 4 is 5.91 Å². The summed E-state index contributed by atoms with van der Waals surface area (Å²) in [6, 6.07) is 0.523. The van der Waals surface area contributed by atoms with E-state index in [9.17, 15) is 4.79 Å². The van der Waals surface area contributed by atoms with Gasteiger partial charge in [0.2, 0.25) is 5.91 Å². The van der Waals surface area contributed by atoms with E-state index in [2.05, 4.69) is 40.0 Å². The first kappa shape index (κ1) is 24.4. The number of hydrogen-bond acceptors (Lipinski definition) is 2. The maximum absolute atomic E-state index is 12.3. The first-order valence-electron chi connectivity index (χ1n) is 11.1. The summed E-state index contributed by atoms with van der Waals surface area (Å²) in [5.74, 6) is 0.242. The molecule has 0 aromatic carbocycles. The van der Waals surface area contributed by atoms with Crippen LogP contribution in [0.2, 0.25) is 0 Å². The third-order valence-electron chi connectivity index (χ3n) is 4.68. The predicted octanol–water partition coefficient (Wildman–Crippen LogP) is 6.62. The predicted molar refractivity (Wildman–Crippen MR) is 111 cm³/mol. The van der Waals surface area contributed by atoms with Gasteiger partial charge < -0.3 is 0 Å². The van der Waals surface area contributed by atoms with E-state index in [-0.39, 0.29) is 11.9 Å². The zero-order valence-electron chi connectivity index (χ0n) is 17.9. The second-order valence-electron chi connectivity index (χ2n) is 8.13. The lowest BCUT2D eigenvalue weighted by Crippen LogP contribution is -2.50. The van der Waals surface area contributed by atoms with E-state index in [0.29, 0.717) is 12.5 Å². The summed E-state index contributed by atoms with van der Waals surface area (Å²) in [6.07, 6.45) is 18.1. The number of nitrogens with zero attached hydrogens (tertiary/aromatic N) is 1. The average molecular weight is 355 g/mol. The molecule has 0 heterocycles. The first-order chi connectivity index (χ1) is 12.0. The Labute approximate surface area is 158 Å². The zero-order valence-corrected chi connectivity index (χ0v) is 17.9. The number of hydrogen-bond donors (Lipinski definition) is 1. The van der Waals surface area contributed by atoms with Gasteiger partial charge in [0.25, 0.3) is 0 Å². The van der Waals surface area contributed by atoms with E-state index in [1.165, 1.54) is 77.0 Å². The number of hydrazine groups is 1. The Morgan fingerprint density at radius 2 is 1.12 bits per heavy atom. The molecule has 0 bridgehead atoms. The molecule has 1 N–H and O–H groups in total. The van der Waals surface area contributed by atoms with Crippen molar-refractivity contribution < 1.29 is 4.79 Å². The van der Waals surface area contributed by atoms with Crippen LogP contribution in [0.5, 0.6) is 0 Å². The van der Waals surface area contributed by atoms with Crippen molar-refractivity contribution in [3.8, 4) is 0 Å². The van der Waals surface area contributed by atoms with Gasteiger partial charge in [0.05, 0.1) is 0 Å². The third kappa shape index (κ3) is 15.4. The molecule has 3 heteroatoms. The highest BCUT2D eigenvalue weighted by Gasteiger charge is 2.16. The summed E-state index contributed by atoms with van der Waals surface area (Å²) < 4.78 is 0. The summed E-state index contributed by atoms with van der Waals surface area (Å²) in [5, 5.41) is 1.81. The fourth-order valence-corrected chi connectivity index (χ4v) is 3.20. The molecule has 0 saturated carbocycles. The minimum absolute atomic E-state index is 0.219. The molecule has 0 aliphatic carbocycles. The van der Waals surface area contributed by atoms with E-state index in [1.807, 2.05) is 5.01 Å². The molecule has 0 aliphatic heterocycles. The smallest absolute Gasteiger partial charge is 0.236 e. The standard InChI is InChI=1S/C22H46N2O/c1-6-7-8-9-10-11-12-13-14-15-16-17-18-19-22(25)24(21(4)5)23-20(2)3/h20-21,23H,6-19H2,1-5H3. The van der Waals surface area contributed by atoms with Crippen LogP contribution in [-0.4, -0.2) is 23.0 Å².